The first kappa shape index (κ1) is 19.9. The summed E-state index contributed by atoms with van der Waals surface area (Å²) < 4.78 is 15.3. The average Bonchev–Trinajstić information content (AvgIpc) is 3.54. The van der Waals surface area contributed by atoms with Gasteiger partial charge in [0.05, 0.1) is 18.8 Å². The molecule has 0 spiro atoms. The highest BCUT2D eigenvalue weighted by Gasteiger charge is 2.47. The van der Waals surface area contributed by atoms with Crippen molar-refractivity contribution in [3.05, 3.63) is 75.7 Å². The molecule has 0 atom stereocenters. The summed E-state index contributed by atoms with van der Waals surface area (Å²) in [7, 11) is 0. The van der Waals surface area contributed by atoms with Crippen molar-refractivity contribution in [2.45, 2.75) is 31.4 Å². The predicted molar refractivity (Wildman–Crippen MR) is 119 cm³/mol. The van der Waals surface area contributed by atoms with Crippen LogP contribution in [0.3, 0.4) is 0 Å². The highest BCUT2D eigenvalue weighted by atomic mass is 35.5. The van der Waals surface area contributed by atoms with E-state index in [9.17, 15) is 4.79 Å². The smallest absolute Gasteiger partial charge is 0.254 e. The van der Waals surface area contributed by atoms with Crippen LogP contribution in [0, 0.1) is 12.3 Å². The summed E-state index contributed by atoms with van der Waals surface area (Å²) in [6.45, 7) is 1.98. The molecule has 3 aromatic rings. The summed E-state index contributed by atoms with van der Waals surface area (Å²) in [5.41, 5.74) is 2.74. The maximum absolute atomic E-state index is 15.3. The number of alkyl halides is 1. The lowest BCUT2D eigenvalue weighted by Gasteiger charge is -2.44. The zero-order valence-corrected chi connectivity index (χ0v) is 17.8. The van der Waals surface area contributed by atoms with E-state index in [0.717, 1.165) is 35.5 Å². The number of carbonyl (C=O) groups excluding carboxylic acids is 1. The number of amides is 1. The Kier molecular flexibility index (Phi) is 4.70. The fourth-order valence-corrected chi connectivity index (χ4v) is 4.31. The molecular weight excluding hydrogens is 415 g/mol. The van der Waals surface area contributed by atoms with Crippen LogP contribution in [0.4, 0.5) is 4.39 Å². The van der Waals surface area contributed by atoms with Gasteiger partial charge in [0.15, 0.2) is 10.8 Å². The second kappa shape index (κ2) is 7.31. The Bertz CT molecular complexity index is 1180. The number of H-pyrrole nitrogens is 1. The number of aryl methyl sites for hydroxylation is 1. The topological polar surface area (TPSA) is 72.8 Å². The third-order valence-electron chi connectivity index (χ3n) is 6.16. The summed E-state index contributed by atoms with van der Waals surface area (Å²) in [6.07, 6.45) is 3.45. The van der Waals surface area contributed by atoms with E-state index in [4.69, 9.17) is 17.0 Å². The fraction of sp³-hybridized carbons (Fsp3) is 0.292. The van der Waals surface area contributed by atoms with E-state index in [2.05, 4.69) is 9.97 Å². The molecule has 5 rings (SSSR count). The molecule has 2 aromatic carbocycles. The van der Waals surface area contributed by atoms with E-state index < -0.39 is 5.67 Å². The lowest BCUT2D eigenvalue weighted by atomic mass is 9.87. The van der Waals surface area contributed by atoms with E-state index >= 15 is 4.39 Å². The summed E-state index contributed by atoms with van der Waals surface area (Å²) in [5.74, 6) is 1.14. The molecular formula is C24H22ClFN4O. The van der Waals surface area contributed by atoms with Crippen LogP contribution in [0.15, 0.2) is 42.5 Å². The van der Waals surface area contributed by atoms with Gasteiger partial charge in [-0.3, -0.25) is 4.79 Å². The van der Waals surface area contributed by atoms with Gasteiger partial charge in [-0.15, -0.1) is 0 Å². The molecule has 31 heavy (non-hydrogen) atoms. The van der Waals surface area contributed by atoms with Crippen molar-refractivity contribution in [2.75, 3.05) is 13.1 Å². The molecule has 158 valence electrons. The van der Waals surface area contributed by atoms with Crippen molar-refractivity contribution in [2.24, 2.45) is 0 Å². The van der Waals surface area contributed by atoms with Crippen molar-refractivity contribution >= 4 is 23.7 Å². The summed E-state index contributed by atoms with van der Waals surface area (Å²) in [6, 6.07) is 12.3. The van der Waals surface area contributed by atoms with E-state index in [1.54, 1.807) is 30.3 Å². The maximum atomic E-state index is 15.3. The molecule has 2 heterocycles. The third kappa shape index (κ3) is 3.55. The van der Waals surface area contributed by atoms with Gasteiger partial charge in [-0.25, -0.2) is 9.37 Å². The Morgan fingerprint density at radius 3 is 2.61 bits per heavy atom. The Labute approximate surface area is 184 Å². The first-order valence-electron chi connectivity index (χ1n) is 10.3. The molecule has 7 heteroatoms. The molecule has 1 amide bonds. The largest absolute Gasteiger partial charge is 0.340 e. The van der Waals surface area contributed by atoms with Gasteiger partial charge in [-0.05, 0) is 48.6 Å². The molecule has 2 N–H and O–H groups in total. The Hall–Kier alpha value is -2.99. The number of aromatic amines is 1. The third-order valence-corrected chi connectivity index (χ3v) is 6.43. The summed E-state index contributed by atoms with van der Waals surface area (Å²) in [5, 5.41) is 7.67. The minimum absolute atomic E-state index is 0.00954. The van der Waals surface area contributed by atoms with Crippen molar-refractivity contribution in [1.29, 1.82) is 5.41 Å². The van der Waals surface area contributed by atoms with E-state index in [1.165, 1.54) is 11.1 Å². The quantitative estimate of drug-likeness (QED) is 0.537. The Morgan fingerprint density at radius 2 is 1.97 bits per heavy atom. The SMILES string of the molecule is Cc1ccc(C(=O)N2CC(F)(c3ccc(C=N)cc3)C2)cc1-c1[nH]c(C2CC2)nc1Cl. The predicted octanol–water partition coefficient (Wildman–Crippen LogP) is 5.23. The zero-order chi connectivity index (χ0) is 21.8. The van der Waals surface area contributed by atoms with Crippen LogP contribution >= 0.6 is 11.6 Å². The van der Waals surface area contributed by atoms with Crippen LogP contribution in [0.5, 0.6) is 0 Å². The molecule has 2 fully saturated rings. The number of carbonyl (C=O) groups is 1. The molecule has 5 nitrogen and oxygen atoms in total. The second-order valence-electron chi connectivity index (χ2n) is 8.48. The standard InChI is InChI=1S/C24H22ClFN4O/c1-14-2-5-17(10-19(14)20-21(25)29-22(28-20)16-6-7-16)23(31)30-12-24(26,13-30)18-8-3-15(11-27)4-9-18/h2-5,8-11,16,27H,6-7,12-13H2,1H3,(H,28,29). The number of halogens is 2. The molecule has 1 aliphatic carbocycles. The van der Waals surface area contributed by atoms with Gasteiger partial charge in [0, 0.05) is 23.3 Å². The first-order chi connectivity index (χ1) is 14.9. The Balaban J connectivity index is 1.36. The van der Waals surface area contributed by atoms with Crippen LogP contribution in [0.2, 0.25) is 5.15 Å². The van der Waals surface area contributed by atoms with E-state index in [-0.39, 0.29) is 19.0 Å². The number of likely N-dealkylation sites (tertiary alicyclic amines) is 1. The van der Waals surface area contributed by atoms with Crippen molar-refractivity contribution in [3.8, 4) is 11.3 Å². The summed E-state index contributed by atoms with van der Waals surface area (Å²) in [4.78, 5) is 22.3. The van der Waals surface area contributed by atoms with Crippen LogP contribution in [0.25, 0.3) is 11.3 Å². The van der Waals surface area contributed by atoms with E-state index in [0.29, 0.717) is 27.8 Å². The average molecular weight is 437 g/mol. The molecule has 1 aromatic heterocycles. The minimum Gasteiger partial charge on any atom is -0.340 e. The van der Waals surface area contributed by atoms with Crippen LogP contribution < -0.4 is 0 Å². The fourth-order valence-electron chi connectivity index (χ4n) is 4.07. The number of rotatable bonds is 5. The highest BCUT2D eigenvalue weighted by Crippen LogP contribution is 2.41. The van der Waals surface area contributed by atoms with Crippen molar-refractivity contribution < 1.29 is 9.18 Å². The maximum Gasteiger partial charge on any atom is 0.254 e. The van der Waals surface area contributed by atoms with Gasteiger partial charge in [0.2, 0.25) is 0 Å². The minimum atomic E-state index is -1.56. The Morgan fingerprint density at radius 1 is 1.26 bits per heavy atom. The molecule has 1 aliphatic heterocycles. The number of nitrogens with one attached hydrogen (secondary N) is 2. The number of aromatic nitrogens is 2. The van der Waals surface area contributed by atoms with Crippen molar-refractivity contribution in [3.63, 3.8) is 0 Å². The monoisotopic (exact) mass is 436 g/mol. The van der Waals surface area contributed by atoms with Gasteiger partial charge in [-0.2, -0.15) is 0 Å². The second-order valence-corrected chi connectivity index (χ2v) is 8.84. The van der Waals surface area contributed by atoms with Crippen molar-refractivity contribution in [1.82, 2.24) is 14.9 Å². The van der Waals surface area contributed by atoms with Gasteiger partial charge in [0.25, 0.3) is 5.91 Å². The number of hydrogen-bond acceptors (Lipinski definition) is 3. The molecule has 0 unspecified atom stereocenters. The van der Waals surface area contributed by atoms with E-state index in [1.807, 2.05) is 19.1 Å². The van der Waals surface area contributed by atoms with Crippen LogP contribution in [-0.4, -0.2) is 40.1 Å². The normalized spacial score (nSPS) is 17.3. The lowest BCUT2D eigenvalue weighted by Crippen LogP contribution is -2.58. The molecule has 0 bridgehead atoms. The van der Waals surface area contributed by atoms with Crippen LogP contribution in [0.1, 0.15) is 51.6 Å². The lowest BCUT2D eigenvalue weighted by molar-refractivity contribution is -0.0231. The summed E-state index contributed by atoms with van der Waals surface area (Å²) >= 11 is 6.38. The van der Waals surface area contributed by atoms with Crippen LogP contribution in [-0.2, 0) is 5.67 Å². The zero-order valence-electron chi connectivity index (χ0n) is 17.1. The number of hydrogen-bond donors (Lipinski definition) is 2. The number of nitrogens with zero attached hydrogens (tertiary/aromatic N) is 2. The first-order valence-corrected chi connectivity index (χ1v) is 10.7. The molecule has 1 saturated heterocycles. The van der Waals surface area contributed by atoms with Gasteiger partial charge < -0.3 is 15.3 Å². The number of benzene rings is 2. The molecule has 1 saturated carbocycles. The van der Waals surface area contributed by atoms with Gasteiger partial charge in [-0.1, -0.05) is 41.9 Å². The highest BCUT2D eigenvalue weighted by molar-refractivity contribution is 6.32. The number of imidazole rings is 1. The van der Waals surface area contributed by atoms with Gasteiger partial charge >= 0.3 is 0 Å². The molecule has 2 aliphatic rings. The molecule has 0 radical (unpaired) electrons. The van der Waals surface area contributed by atoms with Gasteiger partial charge in [0.1, 0.15) is 5.82 Å².